The maximum atomic E-state index is 11.2. The Balaban J connectivity index is 2.60. The SMILES string of the molecule is CCNC(CN(CC(C)C)C1CCCC1)C(=O)O. The minimum absolute atomic E-state index is 0.436. The van der Waals surface area contributed by atoms with Crippen LogP contribution in [0.5, 0.6) is 0 Å². The van der Waals surface area contributed by atoms with Crippen molar-refractivity contribution in [2.75, 3.05) is 19.6 Å². The van der Waals surface area contributed by atoms with Crippen LogP contribution < -0.4 is 5.32 Å². The van der Waals surface area contributed by atoms with Gasteiger partial charge in [-0.3, -0.25) is 9.69 Å². The van der Waals surface area contributed by atoms with Crippen molar-refractivity contribution >= 4 is 5.97 Å². The Morgan fingerprint density at radius 2 is 1.94 bits per heavy atom. The predicted molar refractivity (Wildman–Crippen MR) is 73.8 cm³/mol. The van der Waals surface area contributed by atoms with Gasteiger partial charge in [-0.2, -0.15) is 0 Å². The maximum absolute atomic E-state index is 11.2. The minimum Gasteiger partial charge on any atom is -0.480 e. The summed E-state index contributed by atoms with van der Waals surface area (Å²) in [5.74, 6) is -0.148. The number of carboxylic acid groups (broad SMARTS) is 1. The molecule has 0 radical (unpaired) electrons. The first-order valence-electron chi connectivity index (χ1n) is 7.24. The number of hydrogen-bond donors (Lipinski definition) is 2. The lowest BCUT2D eigenvalue weighted by molar-refractivity contribution is -0.140. The molecule has 0 amide bonds. The van der Waals surface area contributed by atoms with E-state index in [1.165, 1.54) is 25.7 Å². The van der Waals surface area contributed by atoms with Gasteiger partial charge in [-0.25, -0.2) is 0 Å². The monoisotopic (exact) mass is 256 g/mol. The minimum atomic E-state index is -0.733. The van der Waals surface area contributed by atoms with Crippen LogP contribution in [0.25, 0.3) is 0 Å². The molecule has 2 N–H and O–H groups in total. The lowest BCUT2D eigenvalue weighted by Crippen LogP contribution is -2.49. The molecule has 0 aromatic heterocycles. The average Bonchev–Trinajstić information content (AvgIpc) is 2.79. The quantitative estimate of drug-likeness (QED) is 0.697. The molecule has 0 spiro atoms. The van der Waals surface area contributed by atoms with Gasteiger partial charge in [-0.15, -0.1) is 0 Å². The normalized spacial score (nSPS) is 18.7. The summed E-state index contributed by atoms with van der Waals surface area (Å²) in [6.45, 7) is 8.69. The fourth-order valence-electron chi connectivity index (χ4n) is 2.82. The van der Waals surface area contributed by atoms with Crippen LogP contribution in [0, 0.1) is 5.92 Å². The number of carboxylic acids is 1. The first-order chi connectivity index (χ1) is 8.54. The first kappa shape index (κ1) is 15.4. The van der Waals surface area contributed by atoms with Crippen molar-refractivity contribution in [1.82, 2.24) is 10.2 Å². The topological polar surface area (TPSA) is 52.6 Å². The van der Waals surface area contributed by atoms with Crippen LogP contribution in [0.1, 0.15) is 46.5 Å². The molecule has 0 aromatic carbocycles. The molecule has 0 aromatic rings. The van der Waals surface area contributed by atoms with Gasteiger partial charge in [0, 0.05) is 19.1 Å². The molecule has 106 valence electrons. The smallest absolute Gasteiger partial charge is 0.322 e. The molecule has 0 saturated heterocycles. The number of rotatable bonds is 8. The van der Waals surface area contributed by atoms with Gasteiger partial charge >= 0.3 is 5.97 Å². The highest BCUT2D eigenvalue weighted by molar-refractivity contribution is 5.73. The highest BCUT2D eigenvalue weighted by Gasteiger charge is 2.27. The molecule has 1 aliphatic rings. The predicted octanol–water partition coefficient (Wildman–Crippen LogP) is 1.95. The third-order valence-electron chi connectivity index (χ3n) is 3.61. The Bertz CT molecular complexity index is 250. The van der Waals surface area contributed by atoms with E-state index in [-0.39, 0.29) is 0 Å². The maximum Gasteiger partial charge on any atom is 0.322 e. The van der Waals surface area contributed by atoms with Crippen LogP contribution in [-0.4, -0.2) is 47.7 Å². The molecule has 1 fully saturated rings. The first-order valence-corrected chi connectivity index (χ1v) is 7.24. The lowest BCUT2D eigenvalue weighted by Gasteiger charge is -2.32. The summed E-state index contributed by atoms with van der Waals surface area (Å²) < 4.78 is 0. The number of nitrogens with one attached hydrogen (secondary N) is 1. The van der Waals surface area contributed by atoms with Crippen molar-refractivity contribution in [3.8, 4) is 0 Å². The second-order valence-corrected chi connectivity index (χ2v) is 5.73. The molecule has 4 nitrogen and oxygen atoms in total. The van der Waals surface area contributed by atoms with Crippen LogP contribution in [0.2, 0.25) is 0 Å². The van der Waals surface area contributed by atoms with Crippen LogP contribution in [0.3, 0.4) is 0 Å². The van der Waals surface area contributed by atoms with Crippen LogP contribution in [0.4, 0.5) is 0 Å². The third-order valence-corrected chi connectivity index (χ3v) is 3.61. The van der Waals surface area contributed by atoms with E-state index in [9.17, 15) is 9.90 Å². The molecule has 1 atom stereocenters. The van der Waals surface area contributed by atoms with Gasteiger partial charge in [-0.05, 0) is 25.3 Å². The molecule has 4 heteroatoms. The van der Waals surface area contributed by atoms with Crippen LogP contribution in [0.15, 0.2) is 0 Å². The number of hydrogen-bond acceptors (Lipinski definition) is 3. The largest absolute Gasteiger partial charge is 0.480 e. The van der Waals surface area contributed by atoms with Gasteiger partial charge in [0.15, 0.2) is 0 Å². The van der Waals surface area contributed by atoms with Crippen LogP contribution >= 0.6 is 0 Å². The fraction of sp³-hybridized carbons (Fsp3) is 0.929. The summed E-state index contributed by atoms with van der Waals surface area (Å²) >= 11 is 0. The average molecular weight is 256 g/mol. The summed E-state index contributed by atoms with van der Waals surface area (Å²) in [4.78, 5) is 13.6. The number of nitrogens with zero attached hydrogens (tertiary/aromatic N) is 1. The fourth-order valence-corrected chi connectivity index (χ4v) is 2.82. The van der Waals surface area contributed by atoms with Gasteiger partial charge in [0.1, 0.15) is 6.04 Å². The highest BCUT2D eigenvalue weighted by atomic mass is 16.4. The summed E-state index contributed by atoms with van der Waals surface area (Å²) in [7, 11) is 0. The van der Waals surface area contributed by atoms with E-state index >= 15 is 0 Å². The highest BCUT2D eigenvalue weighted by Crippen LogP contribution is 2.24. The van der Waals surface area contributed by atoms with Crippen LogP contribution in [-0.2, 0) is 4.79 Å². The molecule has 18 heavy (non-hydrogen) atoms. The number of aliphatic carboxylic acids is 1. The van der Waals surface area contributed by atoms with Gasteiger partial charge in [0.25, 0.3) is 0 Å². The molecular weight excluding hydrogens is 228 g/mol. The molecule has 1 aliphatic carbocycles. The number of carbonyl (C=O) groups is 1. The molecular formula is C14H28N2O2. The van der Waals surface area contributed by atoms with E-state index in [4.69, 9.17) is 0 Å². The van der Waals surface area contributed by atoms with E-state index in [0.29, 0.717) is 25.0 Å². The standard InChI is InChI=1S/C14H28N2O2/c1-4-15-13(14(17)18)10-16(9-11(2)3)12-7-5-6-8-12/h11-13,15H,4-10H2,1-3H3,(H,17,18). The molecule has 1 unspecified atom stereocenters. The summed E-state index contributed by atoms with van der Waals surface area (Å²) in [6, 6.07) is 0.155. The summed E-state index contributed by atoms with van der Waals surface area (Å²) in [6.07, 6.45) is 5.03. The molecule has 0 heterocycles. The Hall–Kier alpha value is -0.610. The zero-order valence-electron chi connectivity index (χ0n) is 12.0. The third kappa shape index (κ3) is 4.94. The second-order valence-electron chi connectivity index (χ2n) is 5.73. The molecule has 1 saturated carbocycles. The van der Waals surface area contributed by atoms with Crippen molar-refractivity contribution in [2.24, 2.45) is 5.92 Å². The Morgan fingerprint density at radius 3 is 2.39 bits per heavy atom. The van der Waals surface area contributed by atoms with Crippen molar-refractivity contribution in [2.45, 2.75) is 58.5 Å². The van der Waals surface area contributed by atoms with E-state index in [0.717, 1.165) is 6.54 Å². The number of likely N-dealkylation sites (N-methyl/N-ethyl adjacent to an activating group) is 1. The summed E-state index contributed by atoms with van der Waals surface area (Å²) in [5, 5.41) is 12.3. The van der Waals surface area contributed by atoms with Crippen molar-refractivity contribution in [1.29, 1.82) is 0 Å². The van der Waals surface area contributed by atoms with Crippen molar-refractivity contribution in [3.05, 3.63) is 0 Å². The lowest BCUT2D eigenvalue weighted by atomic mass is 10.1. The van der Waals surface area contributed by atoms with Gasteiger partial charge < -0.3 is 10.4 Å². The zero-order chi connectivity index (χ0) is 13.5. The Labute approximate surface area is 111 Å². The summed E-state index contributed by atoms with van der Waals surface area (Å²) in [5.41, 5.74) is 0. The molecule has 0 bridgehead atoms. The van der Waals surface area contributed by atoms with Gasteiger partial charge in [0.2, 0.25) is 0 Å². The van der Waals surface area contributed by atoms with Crippen molar-refractivity contribution in [3.63, 3.8) is 0 Å². The van der Waals surface area contributed by atoms with E-state index in [1.54, 1.807) is 0 Å². The molecule has 1 rings (SSSR count). The van der Waals surface area contributed by atoms with Gasteiger partial charge in [-0.1, -0.05) is 33.6 Å². The van der Waals surface area contributed by atoms with E-state index in [1.807, 2.05) is 6.92 Å². The Morgan fingerprint density at radius 1 is 1.33 bits per heavy atom. The second kappa shape index (κ2) is 7.74. The van der Waals surface area contributed by atoms with Crippen molar-refractivity contribution < 1.29 is 9.90 Å². The van der Waals surface area contributed by atoms with E-state index in [2.05, 4.69) is 24.1 Å². The van der Waals surface area contributed by atoms with Gasteiger partial charge in [0.05, 0.1) is 0 Å². The Kier molecular flexibility index (Phi) is 6.65. The zero-order valence-corrected chi connectivity index (χ0v) is 12.0. The molecule has 0 aliphatic heterocycles. The van der Waals surface area contributed by atoms with E-state index < -0.39 is 12.0 Å².